The zero-order valence-corrected chi connectivity index (χ0v) is 14.0. The average molecular weight is 361 g/mol. The lowest BCUT2D eigenvalue weighted by atomic mass is 10.2. The van der Waals surface area contributed by atoms with E-state index in [1.165, 1.54) is 30.5 Å². The van der Waals surface area contributed by atoms with Crippen LogP contribution in [0.1, 0.15) is 0 Å². The number of hydrogen-bond donors (Lipinski definition) is 1. The zero-order chi connectivity index (χ0) is 17.2. The number of rotatable bonds is 4. The van der Waals surface area contributed by atoms with Crippen LogP contribution in [0.25, 0.3) is 10.9 Å². The average Bonchev–Trinajstić information content (AvgIpc) is 2.54. The highest BCUT2D eigenvalue weighted by atomic mass is 35.5. The van der Waals surface area contributed by atoms with E-state index in [2.05, 4.69) is 10.3 Å². The van der Waals surface area contributed by atoms with Crippen LogP contribution < -0.4 is 5.32 Å². The smallest absolute Gasteiger partial charge is 0.240 e. The third-order valence-electron chi connectivity index (χ3n) is 3.37. The first-order valence-electron chi connectivity index (χ1n) is 7.07. The summed E-state index contributed by atoms with van der Waals surface area (Å²) in [4.78, 5) is 16.3. The number of nitrogens with one attached hydrogen (secondary N) is 1. The van der Waals surface area contributed by atoms with E-state index < -0.39 is 21.5 Å². The summed E-state index contributed by atoms with van der Waals surface area (Å²) in [6.07, 6.45) is 1.50. The molecular weight excluding hydrogens is 348 g/mol. The van der Waals surface area contributed by atoms with Gasteiger partial charge in [0.05, 0.1) is 22.3 Å². The summed E-state index contributed by atoms with van der Waals surface area (Å²) in [6.45, 7) is 0. The monoisotopic (exact) mass is 360 g/mol. The standard InChI is InChI=1S/C17H13ClN2O3S/c18-13-5-7-15(8-6-13)24(22,23)11-17(21)20-14-9-12-3-1-2-4-16(12)19-10-14/h1-10H,11H2,(H,20,21). The van der Waals surface area contributed by atoms with Crippen molar-refractivity contribution in [1.29, 1.82) is 0 Å². The number of carbonyl (C=O) groups is 1. The van der Waals surface area contributed by atoms with Crippen molar-refractivity contribution in [2.75, 3.05) is 11.1 Å². The number of para-hydroxylation sites is 1. The summed E-state index contributed by atoms with van der Waals surface area (Å²) in [5.74, 6) is -1.27. The second-order valence-corrected chi connectivity index (χ2v) is 7.60. The van der Waals surface area contributed by atoms with Gasteiger partial charge in [-0.05, 0) is 36.4 Å². The van der Waals surface area contributed by atoms with Crippen molar-refractivity contribution in [3.63, 3.8) is 0 Å². The third-order valence-corrected chi connectivity index (χ3v) is 5.25. The number of halogens is 1. The van der Waals surface area contributed by atoms with E-state index in [0.29, 0.717) is 10.7 Å². The van der Waals surface area contributed by atoms with E-state index in [9.17, 15) is 13.2 Å². The van der Waals surface area contributed by atoms with E-state index in [0.717, 1.165) is 10.9 Å². The molecule has 0 atom stereocenters. The normalized spacial score (nSPS) is 11.4. The summed E-state index contributed by atoms with van der Waals surface area (Å²) in [7, 11) is -3.73. The minimum absolute atomic E-state index is 0.0543. The van der Waals surface area contributed by atoms with Gasteiger partial charge in [0, 0.05) is 10.4 Å². The summed E-state index contributed by atoms with van der Waals surface area (Å²) >= 11 is 5.74. The maximum Gasteiger partial charge on any atom is 0.240 e. The SMILES string of the molecule is O=C(CS(=O)(=O)c1ccc(Cl)cc1)Nc1cnc2ccccc2c1. The molecule has 3 rings (SSSR count). The number of fused-ring (bicyclic) bond motifs is 1. The first-order valence-corrected chi connectivity index (χ1v) is 9.10. The Balaban J connectivity index is 1.75. The molecule has 0 bridgehead atoms. The molecule has 0 fully saturated rings. The van der Waals surface area contributed by atoms with E-state index in [-0.39, 0.29) is 4.90 Å². The first-order chi connectivity index (χ1) is 11.4. The molecule has 5 nitrogen and oxygen atoms in total. The van der Waals surface area contributed by atoms with Crippen molar-refractivity contribution in [1.82, 2.24) is 4.98 Å². The van der Waals surface area contributed by atoms with Crippen LogP contribution in [-0.4, -0.2) is 25.1 Å². The molecule has 0 aliphatic carbocycles. The number of anilines is 1. The summed E-state index contributed by atoms with van der Waals surface area (Å²) < 4.78 is 24.5. The van der Waals surface area contributed by atoms with Crippen molar-refractivity contribution >= 4 is 43.9 Å². The molecule has 2 aromatic carbocycles. The van der Waals surface area contributed by atoms with Crippen LogP contribution in [0.4, 0.5) is 5.69 Å². The molecule has 7 heteroatoms. The fourth-order valence-electron chi connectivity index (χ4n) is 2.23. The van der Waals surface area contributed by atoms with Gasteiger partial charge in [-0.2, -0.15) is 0 Å². The molecule has 0 aliphatic rings. The Morgan fingerprint density at radius 1 is 1.08 bits per heavy atom. The number of pyridine rings is 1. The predicted octanol–water partition coefficient (Wildman–Crippen LogP) is 3.30. The maximum atomic E-state index is 12.2. The molecule has 0 saturated heterocycles. The Morgan fingerprint density at radius 3 is 2.54 bits per heavy atom. The Hall–Kier alpha value is -2.44. The van der Waals surface area contributed by atoms with Crippen molar-refractivity contribution < 1.29 is 13.2 Å². The van der Waals surface area contributed by atoms with Gasteiger partial charge < -0.3 is 5.32 Å². The van der Waals surface area contributed by atoms with Gasteiger partial charge in [0.2, 0.25) is 5.91 Å². The van der Waals surface area contributed by atoms with Crippen LogP contribution >= 0.6 is 11.6 Å². The molecule has 3 aromatic rings. The van der Waals surface area contributed by atoms with Gasteiger partial charge in [0.1, 0.15) is 5.75 Å². The quantitative estimate of drug-likeness (QED) is 0.774. The minimum Gasteiger partial charge on any atom is -0.324 e. The van der Waals surface area contributed by atoms with E-state index >= 15 is 0 Å². The van der Waals surface area contributed by atoms with Crippen LogP contribution in [0.3, 0.4) is 0 Å². The van der Waals surface area contributed by atoms with Crippen molar-refractivity contribution in [3.05, 3.63) is 65.8 Å². The number of sulfone groups is 1. The number of nitrogens with zero attached hydrogens (tertiary/aromatic N) is 1. The molecule has 0 spiro atoms. The molecular formula is C17H13ClN2O3S. The Kier molecular flexibility index (Phi) is 4.51. The van der Waals surface area contributed by atoms with Crippen LogP contribution in [0.2, 0.25) is 5.02 Å². The Labute approximate surface area is 144 Å². The van der Waals surface area contributed by atoms with Gasteiger partial charge in [0.15, 0.2) is 9.84 Å². The summed E-state index contributed by atoms with van der Waals surface area (Å²) in [5.41, 5.74) is 1.24. The molecule has 1 aromatic heterocycles. The molecule has 0 unspecified atom stereocenters. The third kappa shape index (κ3) is 3.72. The number of hydrogen-bond acceptors (Lipinski definition) is 4. The number of amides is 1. The van der Waals surface area contributed by atoms with Gasteiger partial charge in [-0.3, -0.25) is 9.78 Å². The van der Waals surface area contributed by atoms with Crippen LogP contribution in [0.15, 0.2) is 65.7 Å². The second-order valence-electron chi connectivity index (χ2n) is 5.18. The topological polar surface area (TPSA) is 76.1 Å². The number of benzene rings is 2. The molecule has 1 N–H and O–H groups in total. The molecule has 122 valence electrons. The van der Waals surface area contributed by atoms with Crippen molar-refractivity contribution in [2.24, 2.45) is 0 Å². The highest BCUT2D eigenvalue weighted by Crippen LogP contribution is 2.18. The first kappa shape index (κ1) is 16.4. The van der Waals surface area contributed by atoms with Gasteiger partial charge >= 0.3 is 0 Å². The fraction of sp³-hybridized carbons (Fsp3) is 0.0588. The van der Waals surface area contributed by atoms with Crippen LogP contribution in [0, 0.1) is 0 Å². The number of carbonyl (C=O) groups excluding carboxylic acids is 1. The molecule has 0 aliphatic heterocycles. The molecule has 0 radical (unpaired) electrons. The van der Waals surface area contributed by atoms with Crippen LogP contribution in [0.5, 0.6) is 0 Å². The highest BCUT2D eigenvalue weighted by molar-refractivity contribution is 7.92. The summed E-state index contributed by atoms with van der Waals surface area (Å²) in [5, 5.41) is 3.85. The minimum atomic E-state index is -3.73. The van der Waals surface area contributed by atoms with Crippen LogP contribution in [-0.2, 0) is 14.6 Å². The number of aromatic nitrogens is 1. The Morgan fingerprint density at radius 2 is 1.79 bits per heavy atom. The molecule has 1 heterocycles. The van der Waals surface area contributed by atoms with Gasteiger partial charge in [-0.1, -0.05) is 29.8 Å². The largest absolute Gasteiger partial charge is 0.324 e. The summed E-state index contributed by atoms with van der Waals surface area (Å²) in [6, 6.07) is 14.9. The molecule has 0 saturated carbocycles. The van der Waals surface area contributed by atoms with E-state index in [1.807, 2.05) is 24.3 Å². The molecule has 1 amide bonds. The fourth-order valence-corrected chi connectivity index (χ4v) is 3.50. The van der Waals surface area contributed by atoms with Crippen molar-refractivity contribution in [2.45, 2.75) is 4.90 Å². The van der Waals surface area contributed by atoms with E-state index in [1.54, 1.807) is 6.07 Å². The lowest BCUT2D eigenvalue weighted by molar-refractivity contribution is -0.113. The van der Waals surface area contributed by atoms with Gasteiger partial charge in [-0.25, -0.2) is 8.42 Å². The zero-order valence-electron chi connectivity index (χ0n) is 12.4. The molecule has 24 heavy (non-hydrogen) atoms. The Bertz CT molecular complexity index is 1000. The lowest BCUT2D eigenvalue weighted by Gasteiger charge is -2.07. The predicted molar refractivity (Wildman–Crippen MR) is 93.9 cm³/mol. The lowest BCUT2D eigenvalue weighted by Crippen LogP contribution is -2.23. The highest BCUT2D eigenvalue weighted by Gasteiger charge is 2.19. The van der Waals surface area contributed by atoms with E-state index in [4.69, 9.17) is 11.6 Å². The second kappa shape index (κ2) is 6.59. The maximum absolute atomic E-state index is 12.2. The van der Waals surface area contributed by atoms with Gasteiger partial charge in [0.25, 0.3) is 0 Å². The van der Waals surface area contributed by atoms with Crippen molar-refractivity contribution in [3.8, 4) is 0 Å². The van der Waals surface area contributed by atoms with Gasteiger partial charge in [-0.15, -0.1) is 0 Å².